The van der Waals surface area contributed by atoms with Crippen molar-refractivity contribution in [3.63, 3.8) is 0 Å². The van der Waals surface area contributed by atoms with Gasteiger partial charge in [-0.15, -0.1) is 0 Å². The average molecular weight is 269 g/mol. The second kappa shape index (κ2) is 5.88. The Morgan fingerprint density at radius 1 is 1.10 bits per heavy atom. The molecule has 2 rings (SSSR count). The largest absolute Gasteiger partial charge is 0.409 e. The zero-order chi connectivity index (χ0) is 14.5. The van der Waals surface area contributed by atoms with E-state index in [1.54, 1.807) is 43.4 Å². The molecule has 0 bridgehead atoms. The number of amides is 1. The minimum absolute atomic E-state index is 0.00686. The lowest BCUT2D eigenvalue weighted by atomic mass is 10.1. The summed E-state index contributed by atoms with van der Waals surface area (Å²) >= 11 is 0. The van der Waals surface area contributed by atoms with E-state index >= 15 is 0 Å². The highest BCUT2D eigenvalue weighted by atomic mass is 16.4. The van der Waals surface area contributed by atoms with Crippen LogP contribution in [0.3, 0.4) is 0 Å². The van der Waals surface area contributed by atoms with Crippen LogP contribution in [0.5, 0.6) is 0 Å². The molecule has 0 saturated heterocycles. The number of hydrogen-bond acceptors (Lipinski definition) is 3. The smallest absolute Gasteiger partial charge is 0.258 e. The molecule has 2 aromatic carbocycles. The number of benzene rings is 2. The molecule has 0 aliphatic rings. The third-order valence-electron chi connectivity index (χ3n) is 2.96. The SMILES string of the molecule is CN(C(=O)c1ccccc1)c1cccc(C(N)=NO)c1. The van der Waals surface area contributed by atoms with Gasteiger partial charge in [0.05, 0.1) is 0 Å². The summed E-state index contributed by atoms with van der Waals surface area (Å²) in [5.74, 6) is -0.116. The number of anilines is 1. The first-order valence-electron chi connectivity index (χ1n) is 6.04. The lowest BCUT2D eigenvalue weighted by Gasteiger charge is -2.18. The van der Waals surface area contributed by atoms with E-state index in [2.05, 4.69) is 5.16 Å². The minimum Gasteiger partial charge on any atom is -0.409 e. The van der Waals surface area contributed by atoms with Crippen molar-refractivity contribution in [2.75, 3.05) is 11.9 Å². The van der Waals surface area contributed by atoms with Crippen LogP contribution < -0.4 is 10.6 Å². The first-order valence-corrected chi connectivity index (χ1v) is 6.04. The molecule has 20 heavy (non-hydrogen) atoms. The summed E-state index contributed by atoms with van der Waals surface area (Å²) < 4.78 is 0. The third kappa shape index (κ3) is 2.77. The van der Waals surface area contributed by atoms with Crippen molar-refractivity contribution in [1.82, 2.24) is 0 Å². The maximum absolute atomic E-state index is 12.3. The zero-order valence-electron chi connectivity index (χ0n) is 11.0. The number of carbonyl (C=O) groups excluding carboxylic acids is 1. The highest BCUT2D eigenvalue weighted by Crippen LogP contribution is 2.17. The monoisotopic (exact) mass is 269 g/mol. The summed E-state index contributed by atoms with van der Waals surface area (Å²) in [5, 5.41) is 11.6. The van der Waals surface area contributed by atoms with E-state index in [4.69, 9.17) is 10.9 Å². The summed E-state index contributed by atoms with van der Waals surface area (Å²) in [7, 11) is 1.68. The summed E-state index contributed by atoms with van der Waals surface area (Å²) in [6.45, 7) is 0. The van der Waals surface area contributed by atoms with Gasteiger partial charge in [-0.25, -0.2) is 0 Å². The molecule has 0 heterocycles. The van der Waals surface area contributed by atoms with E-state index in [1.807, 2.05) is 18.2 Å². The zero-order valence-corrected chi connectivity index (χ0v) is 11.0. The lowest BCUT2D eigenvalue weighted by molar-refractivity contribution is 0.0993. The molecule has 0 aromatic heterocycles. The number of carbonyl (C=O) groups is 1. The number of hydrogen-bond donors (Lipinski definition) is 2. The molecule has 0 fully saturated rings. The molecule has 0 radical (unpaired) electrons. The summed E-state index contributed by atoms with van der Waals surface area (Å²) in [4.78, 5) is 13.8. The predicted octanol–water partition coefficient (Wildman–Crippen LogP) is 2.06. The second-order valence-corrected chi connectivity index (χ2v) is 4.27. The standard InChI is InChI=1S/C15H15N3O2/c1-18(15(19)11-6-3-2-4-7-11)13-9-5-8-12(10-13)14(16)17-20/h2-10,20H,1H3,(H2,16,17). The number of nitrogens with two attached hydrogens (primary N) is 1. The maximum atomic E-state index is 12.3. The first-order chi connectivity index (χ1) is 9.63. The van der Waals surface area contributed by atoms with Gasteiger partial charge >= 0.3 is 0 Å². The van der Waals surface area contributed by atoms with Crippen LogP contribution in [-0.4, -0.2) is 24.0 Å². The highest BCUT2D eigenvalue weighted by Gasteiger charge is 2.13. The predicted molar refractivity (Wildman–Crippen MR) is 78.1 cm³/mol. The van der Waals surface area contributed by atoms with Crippen molar-refractivity contribution >= 4 is 17.4 Å². The Balaban J connectivity index is 2.30. The Hall–Kier alpha value is -2.82. The Labute approximate surface area is 116 Å². The van der Waals surface area contributed by atoms with E-state index in [0.29, 0.717) is 16.8 Å². The molecule has 0 aliphatic heterocycles. The van der Waals surface area contributed by atoms with E-state index in [9.17, 15) is 4.79 Å². The van der Waals surface area contributed by atoms with E-state index in [1.165, 1.54) is 4.90 Å². The minimum atomic E-state index is -0.123. The van der Waals surface area contributed by atoms with Crippen LogP contribution in [0.4, 0.5) is 5.69 Å². The molecule has 0 atom stereocenters. The second-order valence-electron chi connectivity index (χ2n) is 4.27. The van der Waals surface area contributed by atoms with Gasteiger partial charge in [-0.2, -0.15) is 0 Å². The lowest BCUT2D eigenvalue weighted by Crippen LogP contribution is -2.26. The molecule has 0 saturated carbocycles. The normalized spacial score (nSPS) is 11.2. The molecule has 5 heteroatoms. The van der Waals surface area contributed by atoms with E-state index < -0.39 is 0 Å². The molecule has 1 amide bonds. The van der Waals surface area contributed by atoms with Crippen LogP contribution in [-0.2, 0) is 0 Å². The van der Waals surface area contributed by atoms with Gasteiger partial charge in [0.15, 0.2) is 5.84 Å². The maximum Gasteiger partial charge on any atom is 0.258 e. The number of oxime groups is 1. The van der Waals surface area contributed by atoms with Gasteiger partial charge in [0, 0.05) is 23.9 Å². The van der Waals surface area contributed by atoms with Crippen LogP contribution in [0.15, 0.2) is 59.8 Å². The van der Waals surface area contributed by atoms with Crippen LogP contribution in [0.1, 0.15) is 15.9 Å². The summed E-state index contributed by atoms with van der Waals surface area (Å²) in [5.41, 5.74) is 7.37. The van der Waals surface area contributed by atoms with Gasteiger partial charge < -0.3 is 15.8 Å². The van der Waals surface area contributed by atoms with E-state index in [0.717, 1.165) is 0 Å². The van der Waals surface area contributed by atoms with Crippen LogP contribution in [0, 0.1) is 0 Å². The van der Waals surface area contributed by atoms with Crippen molar-refractivity contribution in [1.29, 1.82) is 0 Å². The van der Waals surface area contributed by atoms with Gasteiger partial charge in [-0.3, -0.25) is 4.79 Å². The number of rotatable bonds is 3. The van der Waals surface area contributed by atoms with Gasteiger partial charge in [-0.05, 0) is 24.3 Å². The Morgan fingerprint density at radius 2 is 1.75 bits per heavy atom. The summed E-state index contributed by atoms with van der Waals surface area (Å²) in [6, 6.07) is 15.9. The van der Waals surface area contributed by atoms with Crippen LogP contribution >= 0.6 is 0 Å². The molecule has 0 spiro atoms. The quantitative estimate of drug-likeness (QED) is 0.387. The Kier molecular flexibility index (Phi) is 4.00. The summed E-state index contributed by atoms with van der Waals surface area (Å²) in [6.07, 6.45) is 0. The molecule has 0 unspecified atom stereocenters. The fourth-order valence-corrected chi connectivity index (χ4v) is 1.82. The average Bonchev–Trinajstić information content (AvgIpc) is 2.53. The van der Waals surface area contributed by atoms with E-state index in [-0.39, 0.29) is 11.7 Å². The molecular weight excluding hydrogens is 254 g/mol. The Bertz CT molecular complexity index is 639. The fourth-order valence-electron chi connectivity index (χ4n) is 1.82. The van der Waals surface area contributed by atoms with Crippen molar-refractivity contribution in [3.05, 3.63) is 65.7 Å². The molecule has 3 N–H and O–H groups in total. The fraction of sp³-hybridized carbons (Fsp3) is 0.0667. The van der Waals surface area contributed by atoms with Crippen molar-refractivity contribution in [2.24, 2.45) is 10.9 Å². The molecular formula is C15H15N3O2. The van der Waals surface area contributed by atoms with Gasteiger partial charge in [-0.1, -0.05) is 35.5 Å². The first kappa shape index (κ1) is 13.6. The molecule has 2 aromatic rings. The molecule has 0 aliphatic carbocycles. The van der Waals surface area contributed by atoms with Crippen molar-refractivity contribution in [3.8, 4) is 0 Å². The molecule has 5 nitrogen and oxygen atoms in total. The van der Waals surface area contributed by atoms with Gasteiger partial charge in [0.1, 0.15) is 0 Å². The van der Waals surface area contributed by atoms with Crippen molar-refractivity contribution in [2.45, 2.75) is 0 Å². The van der Waals surface area contributed by atoms with Crippen LogP contribution in [0.2, 0.25) is 0 Å². The van der Waals surface area contributed by atoms with Crippen LogP contribution in [0.25, 0.3) is 0 Å². The van der Waals surface area contributed by atoms with Gasteiger partial charge in [0.25, 0.3) is 5.91 Å². The number of nitrogens with zero attached hydrogens (tertiary/aromatic N) is 2. The Morgan fingerprint density at radius 3 is 2.40 bits per heavy atom. The van der Waals surface area contributed by atoms with Crippen molar-refractivity contribution < 1.29 is 10.0 Å². The number of amidine groups is 1. The van der Waals surface area contributed by atoms with Gasteiger partial charge in [0.2, 0.25) is 0 Å². The third-order valence-corrected chi connectivity index (χ3v) is 2.96. The molecule has 102 valence electrons. The highest BCUT2D eigenvalue weighted by molar-refractivity contribution is 6.06. The topological polar surface area (TPSA) is 78.9 Å².